The SMILES string of the molecule is CCONCc1ncnn1CC(C)C. The molecule has 80 valence electrons. The highest BCUT2D eigenvalue weighted by molar-refractivity contribution is 4.82. The number of hydroxylamine groups is 1. The van der Waals surface area contributed by atoms with Crippen molar-refractivity contribution in [1.29, 1.82) is 0 Å². The molecule has 1 heterocycles. The molecular weight excluding hydrogens is 180 g/mol. The summed E-state index contributed by atoms with van der Waals surface area (Å²) in [6.07, 6.45) is 1.57. The molecule has 0 unspecified atom stereocenters. The summed E-state index contributed by atoms with van der Waals surface area (Å²) >= 11 is 0. The van der Waals surface area contributed by atoms with Gasteiger partial charge in [-0.15, -0.1) is 0 Å². The third-order valence-corrected chi connectivity index (χ3v) is 1.71. The van der Waals surface area contributed by atoms with Gasteiger partial charge < -0.3 is 4.84 Å². The zero-order valence-electron chi connectivity index (χ0n) is 9.03. The monoisotopic (exact) mass is 198 g/mol. The fourth-order valence-electron chi connectivity index (χ4n) is 1.14. The first-order valence-electron chi connectivity index (χ1n) is 4.95. The zero-order valence-corrected chi connectivity index (χ0v) is 9.03. The summed E-state index contributed by atoms with van der Waals surface area (Å²) in [7, 11) is 0. The van der Waals surface area contributed by atoms with Crippen LogP contribution in [0.2, 0.25) is 0 Å². The van der Waals surface area contributed by atoms with Crippen LogP contribution in [0.5, 0.6) is 0 Å². The average molecular weight is 198 g/mol. The largest absolute Gasteiger partial charge is 0.302 e. The van der Waals surface area contributed by atoms with E-state index in [9.17, 15) is 0 Å². The minimum absolute atomic E-state index is 0.572. The number of rotatable bonds is 6. The van der Waals surface area contributed by atoms with Gasteiger partial charge in [0, 0.05) is 6.54 Å². The first-order valence-corrected chi connectivity index (χ1v) is 4.95. The summed E-state index contributed by atoms with van der Waals surface area (Å²) in [5.74, 6) is 1.48. The standard InChI is InChI=1S/C9H18N4O/c1-4-14-12-5-9-10-7-11-13(9)6-8(2)3/h7-8,12H,4-6H2,1-3H3. The van der Waals surface area contributed by atoms with Crippen LogP contribution in [0.3, 0.4) is 0 Å². The van der Waals surface area contributed by atoms with Crippen LogP contribution in [-0.4, -0.2) is 21.4 Å². The number of hydrogen-bond donors (Lipinski definition) is 1. The summed E-state index contributed by atoms with van der Waals surface area (Å²) in [4.78, 5) is 9.19. The minimum Gasteiger partial charge on any atom is -0.302 e. The van der Waals surface area contributed by atoms with Crippen LogP contribution in [-0.2, 0) is 17.9 Å². The maximum atomic E-state index is 5.04. The van der Waals surface area contributed by atoms with Gasteiger partial charge in [0.15, 0.2) is 0 Å². The van der Waals surface area contributed by atoms with E-state index < -0.39 is 0 Å². The van der Waals surface area contributed by atoms with E-state index in [0.29, 0.717) is 19.1 Å². The lowest BCUT2D eigenvalue weighted by molar-refractivity contribution is 0.0439. The third kappa shape index (κ3) is 3.43. The Morgan fingerprint density at radius 1 is 1.57 bits per heavy atom. The maximum absolute atomic E-state index is 5.04. The minimum atomic E-state index is 0.572. The fourth-order valence-corrected chi connectivity index (χ4v) is 1.14. The van der Waals surface area contributed by atoms with Crippen LogP contribution in [0.15, 0.2) is 6.33 Å². The highest BCUT2D eigenvalue weighted by atomic mass is 16.6. The molecule has 0 radical (unpaired) electrons. The molecule has 5 heteroatoms. The van der Waals surface area contributed by atoms with Gasteiger partial charge in [-0.2, -0.15) is 10.6 Å². The summed E-state index contributed by atoms with van der Waals surface area (Å²) < 4.78 is 1.90. The van der Waals surface area contributed by atoms with Gasteiger partial charge in [0.1, 0.15) is 12.2 Å². The molecule has 0 aliphatic heterocycles. The van der Waals surface area contributed by atoms with Crippen LogP contribution in [0.4, 0.5) is 0 Å². The first-order chi connectivity index (χ1) is 6.74. The van der Waals surface area contributed by atoms with Crippen molar-refractivity contribution in [2.75, 3.05) is 6.61 Å². The Balaban J connectivity index is 2.45. The predicted octanol–water partition coefficient (Wildman–Crippen LogP) is 0.975. The smallest absolute Gasteiger partial charge is 0.143 e. The Morgan fingerprint density at radius 2 is 2.36 bits per heavy atom. The molecule has 0 spiro atoms. The van der Waals surface area contributed by atoms with E-state index in [1.807, 2.05) is 11.6 Å². The van der Waals surface area contributed by atoms with Crippen molar-refractivity contribution in [1.82, 2.24) is 20.2 Å². The van der Waals surface area contributed by atoms with Crippen LogP contribution in [0.1, 0.15) is 26.6 Å². The van der Waals surface area contributed by atoms with Gasteiger partial charge in [-0.1, -0.05) is 13.8 Å². The highest BCUT2D eigenvalue weighted by Crippen LogP contribution is 2.00. The molecule has 0 amide bonds. The highest BCUT2D eigenvalue weighted by Gasteiger charge is 2.05. The predicted molar refractivity (Wildman–Crippen MR) is 53.3 cm³/mol. The Labute approximate surface area is 84.4 Å². The number of aromatic nitrogens is 3. The molecule has 1 rings (SSSR count). The maximum Gasteiger partial charge on any atom is 0.143 e. The second-order valence-corrected chi connectivity index (χ2v) is 3.51. The molecule has 1 aromatic heterocycles. The Hall–Kier alpha value is -0.940. The molecule has 14 heavy (non-hydrogen) atoms. The van der Waals surface area contributed by atoms with Crippen LogP contribution < -0.4 is 5.48 Å². The first kappa shape index (κ1) is 11.1. The molecule has 1 aromatic rings. The van der Waals surface area contributed by atoms with Gasteiger partial charge >= 0.3 is 0 Å². The van der Waals surface area contributed by atoms with E-state index in [-0.39, 0.29) is 0 Å². The molecule has 0 bridgehead atoms. The van der Waals surface area contributed by atoms with Gasteiger partial charge in [0.05, 0.1) is 13.2 Å². The number of nitrogens with one attached hydrogen (secondary N) is 1. The second-order valence-electron chi connectivity index (χ2n) is 3.51. The molecule has 0 fully saturated rings. The van der Waals surface area contributed by atoms with E-state index in [0.717, 1.165) is 12.4 Å². The van der Waals surface area contributed by atoms with E-state index in [2.05, 4.69) is 29.4 Å². The normalized spacial score (nSPS) is 11.1. The van der Waals surface area contributed by atoms with Crippen molar-refractivity contribution in [3.05, 3.63) is 12.2 Å². The molecule has 1 N–H and O–H groups in total. The van der Waals surface area contributed by atoms with Gasteiger partial charge in [-0.25, -0.2) is 9.67 Å². The quantitative estimate of drug-likeness (QED) is 0.546. The Kier molecular flexibility index (Phi) is 4.55. The van der Waals surface area contributed by atoms with Crippen molar-refractivity contribution in [2.45, 2.75) is 33.9 Å². The van der Waals surface area contributed by atoms with E-state index in [1.165, 1.54) is 0 Å². The van der Waals surface area contributed by atoms with Crippen molar-refractivity contribution < 1.29 is 4.84 Å². The number of hydrogen-bond acceptors (Lipinski definition) is 4. The third-order valence-electron chi connectivity index (χ3n) is 1.71. The molecule has 0 saturated heterocycles. The summed E-state index contributed by atoms with van der Waals surface area (Å²) in [6, 6.07) is 0. The molecule has 0 atom stereocenters. The van der Waals surface area contributed by atoms with Gasteiger partial charge in [0.2, 0.25) is 0 Å². The molecule has 0 saturated carbocycles. The number of nitrogens with zero attached hydrogens (tertiary/aromatic N) is 3. The molecule has 0 aromatic carbocycles. The molecule has 5 nitrogen and oxygen atoms in total. The molecular formula is C9H18N4O. The van der Waals surface area contributed by atoms with E-state index >= 15 is 0 Å². The van der Waals surface area contributed by atoms with Gasteiger partial charge in [0.25, 0.3) is 0 Å². The summed E-state index contributed by atoms with van der Waals surface area (Å²) in [6.45, 7) is 8.39. The van der Waals surface area contributed by atoms with E-state index in [4.69, 9.17) is 4.84 Å². The fraction of sp³-hybridized carbons (Fsp3) is 0.778. The van der Waals surface area contributed by atoms with Crippen molar-refractivity contribution >= 4 is 0 Å². The zero-order chi connectivity index (χ0) is 10.4. The van der Waals surface area contributed by atoms with E-state index in [1.54, 1.807) is 6.33 Å². The topological polar surface area (TPSA) is 52.0 Å². The lowest BCUT2D eigenvalue weighted by Crippen LogP contribution is -2.19. The second kappa shape index (κ2) is 5.72. The molecule has 0 aliphatic rings. The summed E-state index contributed by atoms with van der Waals surface area (Å²) in [5, 5.41) is 4.15. The van der Waals surface area contributed by atoms with Crippen LogP contribution >= 0.6 is 0 Å². The van der Waals surface area contributed by atoms with Crippen LogP contribution in [0.25, 0.3) is 0 Å². The van der Waals surface area contributed by atoms with Crippen molar-refractivity contribution in [3.63, 3.8) is 0 Å². The van der Waals surface area contributed by atoms with Crippen molar-refractivity contribution in [3.8, 4) is 0 Å². The Morgan fingerprint density at radius 3 is 3.00 bits per heavy atom. The average Bonchev–Trinajstić information content (AvgIpc) is 2.52. The summed E-state index contributed by atoms with van der Waals surface area (Å²) in [5.41, 5.74) is 2.83. The van der Waals surface area contributed by atoms with Gasteiger partial charge in [-0.3, -0.25) is 0 Å². The lowest BCUT2D eigenvalue weighted by atomic mass is 10.2. The Bertz CT molecular complexity index is 259. The lowest BCUT2D eigenvalue weighted by Gasteiger charge is -2.08. The molecule has 0 aliphatic carbocycles. The van der Waals surface area contributed by atoms with Crippen LogP contribution in [0, 0.1) is 5.92 Å². The van der Waals surface area contributed by atoms with Crippen molar-refractivity contribution in [2.24, 2.45) is 5.92 Å². The van der Waals surface area contributed by atoms with Gasteiger partial charge in [-0.05, 0) is 12.8 Å².